The average molecular weight is 426 g/mol. The summed E-state index contributed by atoms with van der Waals surface area (Å²) in [5.74, 6) is -3.25. The van der Waals surface area contributed by atoms with Crippen LogP contribution in [0.2, 0.25) is 0 Å². The van der Waals surface area contributed by atoms with Crippen molar-refractivity contribution in [3.63, 3.8) is 0 Å². The molecule has 140 valence electrons. The van der Waals surface area contributed by atoms with Crippen molar-refractivity contribution < 1.29 is 67.1 Å². The van der Waals surface area contributed by atoms with Gasteiger partial charge in [-0.2, -0.15) is 0 Å². The van der Waals surface area contributed by atoms with E-state index in [9.17, 15) is 27.4 Å². The van der Waals surface area contributed by atoms with Gasteiger partial charge in [-0.05, 0) is 12.8 Å². The van der Waals surface area contributed by atoms with Gasteiger partial charge >= 0.3 is 41.5 Å². The molecule has 0 fully saturated rings. The van der Waals surface area contributed by atoms with E-state index in [0.717, 1.165) is 10.8 Å². The Morgan fingerprint density at radius 3 is 2.16 bits per heavy atom. The molecule has 14 heteroatoms. The molecule has 0 aromatic carbocycles. The first-order chi connectivity index (χ1) is 11.0. The van der Waals surface area contributed by atoms with Crippen LogP contribution >= 0.6 is 21.6 Å². The quantitative estimate of drug-likeness (QED) is 0.0974. The van der Waals surface area contributed by atoms with Crippen LogP contribution in [-0.4, -0.2) is 70.4 Å². The molecule has 0 aromatic rings. The molecule has 0 rings (SSSR count). The number of carbonyl (C=O) groups excluding carboxylic acids is 1. The van der Waals surface area contributed by atoms with Gasteiger partial charge in [0.15, 0.2) is 0 Å². The number of hydrogen-bond acceptors (Lipinski definition) is 9. The maximum Gasteiger partial charge on any atom is 1.00 e. The summed E-state index contributed by atoms with van der Waals surface area (Å²) in [5, 5.41) is 19.8. The largest absolute Gasteiger partial charge is 1.00 e. The smallest absolute Gasteiger partial charge is 0.748 e. The minimum absolute atomic E-state index is 0. The number of aliphatic carboxylic acids is 2. The van der Waals surface area contributed by atoms with Crippen molar-refractivity contribution in [2.45, 2.75) is 31.3 Å². The minimum Gasteiger partial charge on any atom is -0.748 e. The first-order valence-electron chi connectivity index (χ1n) is 6.71. The number of amides is 1. The second-order valence-corrected chi connectivity index (χ2v) is 8.86. The zero-order valence-corrected chi connectivity index (χ0v) is 18.0. The molecule has 5 N–H and O–H groups in total. The molecular weight excluding hydrogens is 407 g/mol. The van der Waals surface area contributed by atoms with Crippen molar-refractivity contribution >= 4 is 49.6 Å². The average Bonchev–Trinajstić information content (AvgIpc) is 2.45. The van der Waals surface area contributed by atoms with Crippen LogP contribution < -0.4 is 40.6 Å². The first kappa shape index (κ1) is 27.2. The van der Waals surface area contributed by atoms with Crippen LogP contribution in [0.5, 0.6) is 0 Å². The van der Waals surface area contributed by atoms with Crippen LogP contribution in [0.3, 0.4) is 0 Å². The molecule has 0 saturated carbocycles. The Morgan fingerprint density at radius 2 is 1.68 bits per heavy atom. The molecule has 0 radical (unpaired) electrons. The molecule has 0 aliphatic rings. The van der Waals surface area contributed by atoms with Crippen molar-refractivity contribution in [2.24, 2.45) is 5.73 Å². The van der Waals surface area contributed by atoms with Crippen LogP contribution in [0.4, 0.5) is 0 Å². The van der Waals surface area contributed by atoms with E-state index >= 15 is 0 Å². The summed E-state index contributed by atoms with van der Waals surface area (Å²) >= 11 is 0. The first-order valence-corrected chi connectivity index (χ1v) is 10.8. The maximum atomic E-state index is 11.7. The molecule has 10 nitrogen and oxygen atoms in total. The Morgan fingerprint density at radius 1 is 1.12 bits per heavy atom. The molecule has 0 aromatic heterocycles. The number of nitrogens with one attached hydrogen (secondary N) is 1. The SMILES string of the molecule is N[C@@H](CCC(=O)O)C(=O)N[C@@H](CCSSCCS(=O)(=O)[O-])C(=O)O.[Na+]. The summed E-state index contributed by atoms with van der Waals surface area (Å²) in [6, 6.07) is -2.31. The van der Waals surface area contributed by atoms with E-state index in [2.05, 4.69) is 5.32 Å². The second kappa shape index (κ2) is 14.1. The van der Waals surface area contributed by atoms with Gasteiger partial charge in [0.1, 0.15) is 6.04 Å². The zero-order valence-electron chi connectivity index (χ0n) is 13.5. The summed E-state index contributed by atoms with van der Waals surface area (Å²) in [7, 11) is -1.98. The fourth-order valence-electron chi connectivity index (χ4n) is 1.37. The summed E-state index contributed by atoms with van der Waals surface area (Å²) in [4.78, 5) is 33.2. The standard InChI is InChI=1S/C11H20N2O8S3.Na/c12-7(1-2-9(14)15)10(16)13-8(11(17)18)3-4-22-23-5-6-24(19,20)21;/h7-8H,1-6,12H2,(H,13,16)(H,14,15)(H,17,18)(H,19,20,21);/q;+1/p-1/t7-,8-;/m0./s1. The number of carbonyl (C=O) groups is 3. The summed E-state index contributed by atoms with van der Waals surface area (Å²) in [6.45, 7) is 0. The Hall–Kier alpha value is -0.0200. The summed E-state index contributed by atoms with van der Waals surface area (Å²) in [5.41, 5.74) is 5.48. The summed E-state index contributed by atoms with van der Waals surface area (Å²) in [6.07, 6.45) is -0.349. The van der Waals surface area contributed by atoms with Crippen molar-refractivity contribution in [2.75, 3.05) is 17.3 Å². The van der Waals surface area contributed by atoms with Gasteiger partial charge in [-0.25, -0.2) is 13.2 Å². The number of carboxylic acid groups (broad SMARTS) is 2. The zero-order chi connectivity index (χ0) is 18.8. The molecule has 0 saturated heterocycles. The third-order valence-corrected chi connectivity index (χ3v) is 6.01. The van der Waals surface area contributed by atoms with E-state index in [0.29, 0.717) is 5.75 Å². The fourth-order valence-corrected chi connectivity index (χ4v) is 4.63. The summed E-state index contributed by atoms with van der Waals surface area (Å²) < 4.78 is 31.2. The van der Waals surface area contributed by atoms with Crippen molar-refractivity contribution in [3.8, 4) is 0 Å². The van der Waals surface area contributed by atoms with E-state index in [4.69, 9.17) is 15.9 Å². The molecule has 2 atom stereocenters. The molecule has 0 heterocycles. The van der Waals surface area contributed by atoms with E-state index in [1.807, 2.05) is 0 Å². The third-order valence-electron chi connectivity index (χ3n) is 2.61. The van der Waals surface area contributed by atoms with E-state index in [-0.39, 0.29) is 54.6 Å². The number of rotatable bonds is 13. The van der Waals surface area contributed by atoms with Crippen LogP contribution in [0.15, 0.2) is 0 Å². The Bertz CT molecular complexity index is 545. The minimum atomic E-state index is -4.27. The van der Waals surface area contributed by atoms with Crippen LogP contribution in [0.1, 0.15) is 19.3 Å². The van der Waals surface area contributed by atoms with Crippen LogP contribution in [0.25, 0.3) is 0 Å². The predicted octanol–water partition coefficient (Wildman–Crippen LogP) is -3.93. The third kappa shape index (κ3) is 15.9. The van der Waals surface area contributed by atoms with Crippen molar-refractivity contribution in [1.29, 1.82) is 0 Å². The van der Waals surface area contributed by atoms with Gasteiger partial charge in [-0.15, -0.1) is 0 Å². The van der Waals surface area contributed by atoms with Gasteiger partial charge in [-0.3, -0.25) is 9.59 Å². The molecule has 25 heavy (non-hydrogen) atoms. The van der Waals surface area contributed by atoms with Crippen molar-refractivity contribution in [3.05, 3.63) is 0 Å². The normalized spacial score (nSPS) is 13.4. The second-order valence-electron chi connectivity index (χ2n) is 4.63. The van der Waals surface area contributed by atoms with E-state index in [1.54, 1.807) is 0 Å². The Balaban J connectivity index is 0. The molecular formula is C11H19N2NaO8S3. The number of nitrogens with two attached hydrogens (primary N) is 1. The maximum absolute atomic E-state index is 11.7. The van der Waals surface area contributed by atoms with Gasteiger partial charge in [0.25, 0.3) is 0 Å². The van der Waals surface area contributed by atoms with Gasteiger partial charge in [0.2, 0.25) is 5.91 Å². The van der Waals surface area contributed by atoms with Crippen molar-refractivity contribution in [1.82, 2.24) is 5.32 Å². The van der Waals surface area contributed by atoms with Gasteiger partial charge in [-0.1, -0.05) is 21.6 Å². The van der Waals surface area contributed by atoms with Crippen LogP contribution in [0, 0.1) is 0 Å². The molecule has 0 unspecified atom stereocenters. The number of hydrogen-bond donors (Lipinski definition) is 4. The van der Waals surface area contributed by atoms with Gasteiger partial charge in [0.05, 0.1) is 16.2 Å². The Labute approximate surface area is 175 Å². The van der Waals surface area contributed by atoms with Gasteiger partial charge < -0.3 is 25.8 Å². The molecule has 0 aliphatic carbocycles. The van der Waals surface area contributed by atoms with E-state index in [1.165, 1.54) is 10.8 Å². The van der Waals surface area contributed by atoms with Gasteiger partial charge in [0, 0.05) is 23.7 Å². The topological polar surface area (TPSA) is 187 Å². The molecule has 0 spiro atoms. The fraction of sp³-hybridized carbons (Fsp3) is 0.727. The Kier molecular flexibility index (Phi) is 15.3. The number of carboxylic acids is 2. The monoisotopic (exact) mass is 426 g/mol. The molecule has 0 aliphatic heterocycles. The predicted molar refractivity (Wildman–Crippen MR) is 88.5 cm³/mol. The molecule has 0 bridgehead atoms. The van der Waals surface area contributed by atoms with Crippen LogP contribution in [-0.2, 0) is 24.5 Å². The molecule has 1 amide bonds. The van der Waals surface area contributed by atoms with E-state index < -0.39 is 45.8 Å².